The summed E-state index contributed by atoms with van der Waals surface area (Å²) in [6, 6.07) is 14.1. The van der Waals surface area contributed by atoms with Crippen molar-refractivity contribution < 1.29 is 19.1 Å². The molecule has 0 atom stereocenters. The summed E-state index contributed by atoms with van der Waals surface area (Å²) in [6.45, 7) is 9.40. The molecule has 1 fully saturated rings. The Morgan fingerprint density at radius 1 is 1.19 bits per heavy atom. The quantitative estimate of drug-likeness (QED) is 0.232. The Kier molecular flexibility index (Phi) is 8.48. The van der Waals surface area contributed by atoms with Gasteiger partial charge in [-0.3, -0.25) is 4.79 Å². The fourth-order valence-electron chi connectivity index (χ4n) is 4.14. The van der Waals surface area contributed by atoms with E-state index in [1.54, 1.807) is 23.5 Å². The summed E-state index contributed by atoms with van der Waals surface area (Å²) >= 11 is 1.64. The summed E-state index contributed by atoms with van der Waals surface area (Å²) in [5.41, 5.74) is 6.29. The molecule has 1 aliphatic carbocycles. The number of aryl methyl sites for hydroxylation is 1. The van der Waals surface area contributed by atoms with E-state index < -0.39 is 11.7 Å². The van der Waals surface area contributed by atoms with Crippen molar-refractivity contribution in [1.29, 1.82) is 0 Å². The van der Waals surface area contributed by atoms with Crippen LogP contribution in [0.15, 0.2) is 48.0 Å². The molecule has 0 radical (unpaired) electrons. The number of hydrogen-bond donors (Lipinski definition) is 1. The first kappa shape index (κ1) is 26.7. The highest BCUT2D eigenvalue weighted by molar-refractivity contribution is 7.13. The van der Waals surface area contributed by atoms with Gasteiger partial charge in [-0.15, -0.1) is 11.3 Å². The monoisotopic (exact) mass is 521 g/mol. The highest BCUT2D eigenvalue weighted by atomic mass is 32.1. The van der Waals surface area contributed by atoms with Crippen LogP contribution in [-0.4, -0.2) is 42.2 Å². The number of hydrogen-bond acceptors (Lipinski definition) is 7. The van der Waals surface area contributed by atoms with E-state index in [9.17, 15) is 9.59 Å². The van der Waals surface area contributed by atoms with E-state index in [0.717, 1.165) is 65.2 Å². The minimum absolute atomic E-state index is 0.384. The second-order valence-electron chi connectivity index (χ2n) is 10.3. The molecule has 1 aromatic heterocycles. The Balaban J connectivity index is 1.50. The van der Waals surface area contributed by atoms with Crippen LogP contribution in [0.1, 0.15) is 61.6 Å². The molecule has 1 N–H and O–H groups in total. The Labute approximate surface area is 222 Å². The summed E-state index contributed by atoms with van der Waals surface area (Å²) in [4.78, 5) is 31.3. The van der Waals surface area contributed by atoms with Gasteiger partial charge >= 0.3 is 6.09 Å². The predicted octanol–water partition coefficient (Wildman–Crippen LogP) is 6.39. The zero-order chi connectivity index (χ0) is 26.4. The van der Waals surface area contributed by atoms with Crippen LogP contribution >= 0.6 is 11.3 Å². The number of aldehydes is 1. The van der Waals surface area contributed by atoms with E-state index in [1.807, 2.05) is 45.3 Å². The molecule has 0 unspecified atom stereocenters. The zero-order valence-corrected chi connectivity index (χ0v) is 22.8. The number of benzene rings is 2. The van der Waals surface area contributed by atoms with E-state index in [0.29, 0.717) is 24.8 Å². The molecule has 8 heteroatoms. The molecule has 3 aromatic rings. The number of ether oxygens (including phenoxy) is 2. The van der Waals surface area contributed by atoms with Gasteiger partial charge < -0.3 is 19.7 Å². The molecule has 0 bridgehead atoms. The van der Waals surface area contributed by atoms with E-state index in [2.05, 4.69) is 33.4 Å². The fraction of sp³-hybridized carbons (Fsp3) is 0.414. The van der Waals surface area contributed by atoms with E-state index in [4.69, 9.17) is 9.47 Å². The van der Waals surface area contributed by atoms with E-state index in [-0.39, 0.29) is 0 Å². The van der Waals surface area contributed by atoms with Crippen LogP contribution in [0.25, 0.3) is 10.4 Å². The molecule has 2 aromatic carbocycles. The molecule has 0 spiro atoms. The van der Waals surface area contributed by atoms with Crippen molar-refractivity contribution in [3.63, 3.8) is 0 Å². The van der Waals surface area contributed by atoms with Crippen molar-refractivity contribution in [1.82, 2.24) is 10.3 Å². The van der Waals surface area contributed by atoms with E-state index >= 15 is 0 Å². The van der Waals surface area contributed by atoms with Crippen molar-refractivity contribution >= 4 is 29.4 Å². The van der Waals surface area contributed by atoms with Crippen molar-refractivity contribution in [2.24, 2.45) is 0 Å². The molecule has 1 aliphatic rings. The molecule has 1 heterocycles. The zero-order valence-electron chi connectivity index (χ0n) is 22.0. The van der Waals surface area contributed by atoms with Gasteiger partial charge in [0.1, 0.15) is 17.6 Å². The Morgan fingerprint density at radius 3 is 2.57 bits per heavy atom. The standard InChI is InChI=1S/C29H35N3O4S/c1-20-27(37-19-31-20)22-8-9-23(17-30-28(34)36-29(2,3)4)26(16-22)32(24-10-11-24)14-5-15-35-25-12-6-21(18-33)7-13-25/h6-9,12-13,16,18-19,24H,5,10-11,14-15,17H2,1-4H3,(H,30,34). The molecule has 37 heavy (non-hydrogen) atoms. The number of carbonyl (C=O) groups excluding carboxylic acids is 2. The van der Waals surface area contributed by atoms with Crippen LogP contribution in [-0.2, 0) is 11.3 Å². The van der Waals surface area contributed by atoms with Gasteiger partial charge in [0.05, 0.1) is 22.7 Å². The molecule has 7 nitrogen and oxygen atoms in total. The third-order valence-corrected chi connectivity index (χ3v) is 7.02. The second-order valence-corrected chi connectivity index (χ2v) is 11.1. The van der Waals surface area contributed by atoms with Crippen molar-refractivity contribution in [3.05, 3.63) is 64.8 Å². The maximum Gasteiger partial charge on any atom is 0.407 e. The summed E-state index contributed by atoms with van der Waals surface area (Å²) in [7, 11) is 0. The third-order valence-electron chi connectivity index (χ3n) is 6.04. The van der Waals surface area contributed by atoms with Gasteiger partial charge in [0.25, 0.3) is 0 Å². The van der Waals surface area contributed by atoms with Crippen molar-refractivity contribution in [2.75, 3.05) is 18.1 Å². The molecule has 4 rings (SSSR count). The lowest BCUT2D eigenvalue weighted by Gasteiger charge is -2.28. The first-order valence-electron chi connectivity index (χ1n) is 12.7. The molecular weight excluding hydrogens is 486 g/mol. The number of aromatic nitrogens is 1. The van der Waals surface area contributed by atoms with Gasteiger partial charge in [0, 0.05) is 30.4 Å². The van der Waals surface area contributed by atoms with Crippen LogP contribution in [0.5, 0.6) is 5.75 Å². The number of anilines is 1. The van der Waals surface area contributed by atoms with Crippen LogP contribution in [0.3, 0.4) is 0 Å². The van der Waals surface area contributed by atoms with Gasteiger partial charge in [-0.05, 0) is 88.4 Å². The number of rotatable bonds is 11. The normalized spacial score (nSPS) is 13.2. The maximum absolute atomic E-state index is 12.4. The van der Waals surface area contributed by atoms with E-state index in [1.165, 1.54) is 0 Å². The van der Waals surface area contributed by atoms with Crippen molar-refractivity contribution in [2.45, 2.75) is 65.1 Å². The van der Waals surface area contributed by atoms with Crippen molar-refractivity contribution in [3.8, 4) is 16.2 Å². The SMILES string of the molecule is Cc1ncsc1-c1ccc(CNC(=O)OC(C)(C)C)c(N(CCCOc2ccc(C=O)cc2)C2CC2)c1. The van der Waals surface area contributed by atoms with Gasteiger partial charge in [-0.2, -0.15) is 0 Å². The smallest absolute Gasteiger partial charge is 0.407 e. The molecule has 0 aliphatic heterocycles. The van der Waals surface area contributed by atoms with Crippen LogP contribution in [0.2, 0.25) is 0 Å². The first-order valence-corrected chi connectivity index (χ1v) is 13.6. The fourth-order valence-corrected chi connectivity index (χ4v) is 4.94. The summed E-state index contributed by atoms with van der Waals surface area (Å²) in [5.74, 6) is 0.758. The lowest BCUT2D eigenvalue weighted by molar-refractivity contribution is 0.0523. The first-order chi connectivity index (χ1) is 17.7. The van der Waals surface area contributed by atoms with Gasteiger partial charge in [-0.25, -0.2) is 9.78 Å². The summed E-state index contributed by atoms with van der Waals surface area (Å²) in [5, 5.41) is 2.93. The minimum Gasteiger partial charge on any atom is -0.494 e. The average molecular weight is 522 g/mol. The number of alkyl carbamates (subject to hydrolysis) is 1. The van der Waals surface area contributed by atoms with Crippen LogP contribution in [0.4, 0.5) is 10.5 Å². The number of amides is 1. The molecule has 196 valence electrons. The van der Waals surface area contributed by atoms with Crippen LogP contribution < -0.4 is 15.0 Å². The molecule has 1 saturated carbocycles. The second kappa shape index (κ2) is 11.8. The maximum atomic E-state index is 12.4. The number of nitrogens with one attached hydrogen (secondary N) is 1. The molecular formula is C29H35N3O4S. The molecule has 0 saturated heterocycles. The number of carbonyl (C=O) groups is 2. The largest absolute Gasteiger partial charge is 0.494 e. The van der Waals surface area contributed by atoms with Gasteiger partial charge in [-0.1, -0.05) is 12.1 Å². The Hall–Kier alpha value is -3.39. The highest BCUT2D eigenvalue weighted by Crippen LogP contribution is 2.37. The Bertz CT molecular complexity index is 1210. The predicted molar refractivity (Wildman–Crippen MR) is 148 cm³/mol. The lowest BCUT2D eigenvalue weighted by atomic mass is 10.0. The Morgan fingerprint density at radius 2 is 1.95 bits per heavy atom. The lowest BCUT2D eigenvalue weighted by Crippen LogP contribution is -2.33. The number of thiazole rings is 1. The highest BCUT2D eigenvalue weighted by Gasteiger charge is 2.30. The average Bonchev–Trinajstić information content (AvgIpc) is 3.61. The van der Waals surface area contributed by atoms with Crippen LogP contribution in [0, 0.1) is 6.92 Å². The topological polar surface area (TPSA) is 80.8 Å². The summed E-state index contributed by atoms with van der Waals surface area (Å²) < 4.78 is 11.4. The number of nitrogens with zero attached hydrogens (tertiary/aromatic N) is 2. The molecule has 1 amide bonds. The van der Waals surface area contributed by atoms with Gasteiger partial charge in [0.15, 0.2) is 0 Å². The van der Waals surface area contributed by atoms with Gasteiger partial charge in [0.2, 0.25) is 0 Å². The third kappa shape index (κ3) is 7.55. The summed E-state index contributed by atoms with van der Waals surface area (Å²) in [6.07, 6.45) is 3.55. The minimum atomic E-state index is -0.548.